The summed E-state index contributed by atoms with van der Waals surface area (Å²) in [5.41, 5.74) is 2.29. The van der Waals surface area contributed by atoms with E-state index >= 15 is 0 Å². The van der Waals surface area contributed by atoms with Gasteiger partial charge in [-0.15, -0.1) is 11.3 Å². The highest BCUT2D eigenvalue weighted by molar-refractivity contribution is 7.16. The second-order valence-corrected chi connectivity index (χ2v) is 9.06. The van der Waals surface area contributed by atoms with E-state index in [4.69, 9.17) is 4.74 Å². The molecule has 0 saturated heterocycles. The predicted molar refractivity (Wildman–Crippen MR) is 128 cm³/mol. The molecule has 0 aliphatic carbocycles. The first-order valence-electron chi connectivity index (χ1n) is 11.1. The summed E-state index contributed by atoms with van der Waals surface area (Å²) in [6.45, 7) is 7.20. The lowest BCUT2D eigenvalue weighted by molar-refractivity contribution is -0.117. The highest BCUT2D eigenvalue weighted by atomic mass is 32.1. The molecule has 9 nitrogen and oxygen atoms in total. The summed E-state index contributed by atoms with van der Waals surface area (Å²) in [6.07, 6.45) is 3.96. The summed E-state index contributed by atoms with van der Waals surface area (Å²) in [6, 6.07) is 7.62. The van der Waals surface area contributed by atoms with Gasteiger partial charge in [0.25, 0.3) is 0 Å². The molecule has 0 N–H and O–H groups in total. The summed E-state index contributed by atoms with van der Waals surface area (Å²) >= 11 is 1.36. The number of nitrogens with zero attached hydrogens (tertiary/aromatic N) is 6. The number of rotatable bonds is 6. The van der Waals surface area contributed by atoms with Crippen LogP contribution in [0.15, 0.2) is 30.6 Å². The summed E-state index contributed by atoms with van der Waals surface area (Å²) in [5, 5.41) is 10.5. The maximum absolute atomic E-state index is 12.8. The van der Waals surface area contributed by atoms with E-state index < -0.39 is 0 Å². The quantitative estimate of drug-likeness (QED) is 0.528. The molecule has 3 aromatic rings. The molecule has 0 unspecified atom stereocenters. The van der Waals surface area contributed by atoms with Gasteiger partial charge in [-0.1, -0.05) is 13.0 Å². The maximum Gasteiger partial charge on any atom is 0.410 e. The fourth-order valence-electron chi connectivity index (χ4n) is 4.02. The van der Waals surface area contributed by atoms with Crippen molar-refractivity contribution >= 4 is 34.2 Å². The smallest absolute Gasteiger partial charge is 0.410 e. The number of aromatic nitrogens is 3. The normalized spacial score (nSPS) is 12.7. The van der Waals surface area contributed by atoms with Crippen molar-refractivity contribution in [1.29, 1.82) is 5.26 Å². The Bertz CT molecular complexity index is 1240. The topological polar surface area (TPSA) is 104 Å². The number of thiophene rings is 1. The Morgan fingerprint density at radius 2 is 2.15 bits per heavy atom. The van der Waals surface area contributed by atoms with Gasteiger partial charge in [0.15, 0.2) is 0 Å². The Morgan fingerprint density at radius 1 is 1.32 bits per heavy atom. The molecule has 0 radical (unpaired) electrons. The molecule has 0 fully saturated rings. The number of aryl methyl sites for hydroxylation is 2. The molecular weight excluding hydrogens is 452 g/mol. The second kappa shape index (κ2) is 10.1. The molecule has 1 aliphatic rings. The number of nitriles is 1. The molecule has 10 heteroatoms. The molecule has 0 spiro atoms. The van der Waals surface area contributed by atoms with Crippen molar-refractivity contribution in [2.24, 2.45) is 0 Å². The van der Waals surface area contributed by atoms with E-state index in [0.29, 0.717) is 42.4 Å². The lowest BCUT2D eigenvalue weighted by atomic mass is 10.0. The fourth-order valence-corrected chi connectivity index (χ4v) is 5.36. The average molecular weight is 479 g/mol. The molecular formula is C24H26N6O3S. The van der Waals surface area contributed by atoms with E-state index in [1.54, 1.807) is 30.2 Å². The molecule has 176 valence electrons. The molecule has 1 aliphatic heterocycles. The van der Waals surface area contributed by atoms with Gasteiger partial charge in [-0.3, -0.25) is 9.69 Å². The lowest BCUT2D eigenvalue weighted by Gasteiger charge is -2.26. The number of amides is 2. The number of anilines is 2. The fraction of sp³-hybridized carbons (Fsp3) is 0.375. The van der Waals surface area contributed by atoms with E-state index in [-0.39, 0.29) is 25.0 Å². The molecule has 2 amide bonds. The van der Waals surface area contributed by atoms with Crippen LogP contribution in [-0.4, -0.2) is 44.6 Å². The van der Waals surface area contributed by atoms with Crippen LogP contribution >= 0.6 is 11.3 Å². The lowest BCUT2D eigenvalue weighted by Crippen LogP contribution is -2.36. The standard InChI is InChI=1S/C24H26N6O3S/c1-4-22(31)30(21-7-5-6-9-26-21)23-19(13-25)18-8-10-29(15-20(18)34-23)24(32)33-12-11-28-14-16(2)27-17(28)3/h5-7,9,14H,4,8,10-12,15H2,1-3H3. The molecule has 34 heavy (non-hydrogen) atoms. The van der Waals surface area contributed by atoms with Crippen LogP contribution in [0.5, 0.6) is 0 Å². The zero-order valence-electron chi connectivity index (χ0n) is 19.4. The average Bonchev–Trinajstić information content (AvgIpc) is 3.37. The van der Waals surface area contributed by atoms with E-state index in [9.17, 15) is 14.9 Å². The number of carbonyl (C=O) groups excluding carboxylic acids is 2. The van der Waals surface area contributed by atoms with Crippen molar-refractivity contribution in [2.45, 2.75) is 46.7 Å². The van der Waals surface area contributed by atoms with E-state index in [1.807, 2.05) is 30.7 Å². The van der Waals surface area contributed by atoms with Crippen molar-refractivity contribution < 1.29 is 14.3 Å². The van der Waals surface area contributed by atoms with Crippen molar-refractivity contribution in [3.8, 4) is 6.07 Å². The Morgan fingerprint density at radius 3 is 2.79 bits per heavy atom. The molecule has 0 saturated carbocycles. The van der Waals surface area contributed by atoms with Crippen LogP contribution in [-0.2, 0) is 29.0 Å². The van der Waals surface area contributed by atoms with Crippen LogP contribution in [0.2, 0.25) is 0 Å². The number of ether oxygens (including phenoxy) is 1. The minimum Gasteiger partial charge on any atom is -0.448 e. The first-order chi connectivity index (χ1) is 16.4. The van der Waals surface area contributed by atoms with Crippen LogP contribution < -0.4 is 4.90 Å². The number of pyridine rings is 1. The Labute approximate surface area is 202 Å². The molecule has 4 rings (SSSR count). The maximum atomic E-state index is 12.8. The Kier molecular flexibility index (Phi) is 6.93. The first-order valence-corrected chi connectivity index (χ1v) is 11.9. The van der Waals surface area contributed by atoms with Gasteiger partial charge in [0.05, 0.1) is 24.3 Å². The molecule has 0 atom stereocenters. The van der Waals surface area contributed by atoms with Gasteiger partial charge in [-0.2, -0.15) is 5.26 Å². The minimum atomic E-state index is -0.389. The summed E-state index contributed by atoms with van der Waals surface area (Å²) in [7, 11) is 0. The number of carbonyl (C=O) groups is 2. The predicted octanol–water partition coefficient (Wildman–Crippen LogP) is 4.10. The van der Waals surface area contributed by atoms with Gasteiger partial charge in [0, 0.05) is 30.2 Å². The zero-order chi connectivity index (χ0) is 24.2. The van der Waals surface area contributed by atoms with Crippen LogP contribution in [0.4, 0.5) is 15.6 Å². The van der Waals surface area contributed by atoms with Crippen LogP contribution in [0, 0.1) is 25.2 Å². The summed E-state index contributed by atoms with van der Waals surface area (Å²) in [4.78, 5) is 38.2. The van der Waals surface area contributed by atoms with Gasteiger partial charge in [0.1, 0.15) is 29.3 Å². The van der Waals surface area contributed by atoms with E-state index in [0.717, 1.165) is 22.0 Å². The largest absolute Gasteiger partial charge is 0.448 e. The van der Waals surface area contributed by atoms with Crippen LogP contribution in [0.1, 0.15) is 40.9 Å². The van der Waals surface area contributed by atoms with Crippen LogP contribution in [0.3, 0.4) is 0 Å². The van der Waals surface area contributed by atoms with Crippen molar-refractivity contribution in [2.75, 3.05) is 18.1 Å². The van der Waals surface area contributed by atoms with Gasteiger partial charge in [-0.25, -0.2) is 14.8 Å². The third-order valence-electron chi connectivity index (χ3n) is 5.70. The van der Waals surface area contributed by atoms with E-state index in [1.165, 1.54) is 16.2 Å². The molecule has 4 heterocycles. The van der Waals surface area contributed by atoms with Gasteiger partial charge in [0.2, 0.25) is 5.91 Å². The molecule has 3 aromatic heterocycles. The van der Waals surface area contributed by atoms with Gasteiger partial charge < -0.3 is 14.2 Å². The molecule has 0 bridgehead atoms. The minimum absolute atomic E-state index is 0.143. The summed E-state index contributed by atoms with van der Waals surface area (Å²) in [5.74, 6) is 1.21. The first kappa shape index (κ1) is 23.4. The van der Waals surface area contributed by atoms with E-state index in [2.05, 4.69) is 16.0 Å². The third-order valence-corrected chi connectivity index (χ3v) is 6.90. The van der Waals surface area contributed by atoms with Crippen molar-refractivity contribution in [3.05, 3.63) is 58.1 Å². The second-order valence-electron chi connectivity index (χ2n) is 7.98. The third kappa shape index (κ3) is 4.65. The zero-order valence-corrected chi connectivity index (χ0v) is 20.3. The number of fused-ring (bicyclic) bond motifs is 1. The van der Waals surface area contributed by atoms with Crippen molar-refractivity contribution in [3.63, 3.8) is 0 Å². The monoisotopic (exact) mass is 478 g/mol. The van der Waals surface area contributed by atoms with Gasteiger partial charge in [-0.05, 0) is 38.0 Å². The highest BCUT2D eigenvalue weighted by Crippen LogP contribution is 2.41. The number of hydrogen-bond donors (Lipinski definition) is 0. The van der Waals surface area contributed by atoms with Crippen LogP contribution in [0.25, 0.3) is 0 Å². The summed E-state index contributed by atoms with van der Waals surface area (Å²) < 4.78 is 7.46. The Balaban J connectivity index is 1.51. The number of hydrogen-bond acceptors (Lipinski definition) is 7. The van der Waals surface area contributed by atoms with Gasteiger partial charge >= 0.3 is 6.09 Å². The SMILES string of the molecule is CCC(=O)N(c1ccccn1)c1sc2c(c1C#N)CCN(C(=O)OCCn1cc(C)nc1C)C2. The number of imidazole rings is 1. The highest BCUT2D eigenvalue weighted by Gasteiger charge is 2.31. The van der Waals surface area contributed by atoms with Crippen molar-refractivity contribution in [1.82, 2.24) is 19.4 Å². The molecule has 0 aromatic carbocycles. The Hall–Kier alpha value is -3.71.